The lowest BCUT2D eigenvalue weighted by atomic mass is 10.0. The number of anilines is 1. The molecule has 1 amide bonds. The van der Waals surface area contributed by atoms with Crippen molar-refractivity contribution in [1.82, 2.24) is 14.5 Å². The molecular weight excluding hydrogens is 404 g/mol. The predicted octanol–water partition coefficient (Wildman–Crippen LogP) is 2.27. The Morgan fingerprint density at radius 1 is 1.10 bits per heavy atom. The Labute approximate surface area is 179 Å². The highest BCUT2D eigenvalue weighted by molar-refractivity contribution is 5.89. The van der Waals surface area contributed by atoms with Crippen molar-refractivity contribution in [2.45, 2.75) is 38.8 Å². The van der Waals surface area contributed by atoms with Crippen LogP contribution in [-0.2, 0) is 22.6 Å². The Kier molecular flexibility index (Phi) is 6.78. The van der Waals surface area contributed by atoms with Crippen molar-refractivity contribution in [2.75, 3.05) is 24.5 Å². The van der Waals surface area contributed by atoms with Gasteiger partial charge in [0, 0.05) is 38.3 Å². The molecule has 2 aliphatic heterocycles. The molecule has 1 saturated heterocycles. The van der Waals surface area contributed by atoms with E-state index in [9.17, 15) is 19.5 Å². The Balaban J connectivity index is 0.000000293. The quantitative estimate of drug-likeness (QED) is 0.629. The van der Waals surface area contributed by atoms with Crippen molar-refractivity contribution < 1.29 is 29.7 Å². The average molecular weight is 430 g/mol. The van der Waals surface area contributed by atoms with Gasteiger partial charge in [-0.2, -0.15) is 0 Å². The zero-order valence-electron chi connectivity index (χ0n) is 17.3. The third kappa shape index (κ3) is 4.96. The van der Waals surface area contributed by atoms with Gasteiger partial charge < -0.3 is 29.7 Å². The van der Waals surface area contributed by atoms with E-state index in [1.807, 2.05) is 6.92 Å². The van der Waals surface area contributed by atoms with Gasteiger partial charge in [-0.1, -0.05) is 19.1 Å². The number of aromatic nitrogens is 2. The number of imidazole rings is 1. The molecule has 4 rings (SSSR count). The zero-order chi connectivity index (χ0) is 22.5. The van der Waals surface area contributed by atoms with Gasteiger partial charge in [-0.25, -0.2) is 19.4 Å². The first-order chi connectivity index (χ1) is 14.8. The SMILES string of the molecule is CCC1CN(c2nc3cccc4c3n2CCC4)CCN1C(=O)O.O=C(O)C=CC(=O)O. The molecule has 3 N–H and O–H groups in total. The number of amides is 1. The highest BCUT2D eigenvalue weighted by Crippen LogP contribution is 2.31. The third-order valence-electron chi connectivity index (χ3n) is 5.51. The molecule has 10 nitrogen and oxygen atoms in total. The molecule has 1 aromatic heterocycles. The van der Waals surface area contributed by atoms with Crippen LogP contribution in [0.4, 0.5) is 10.7 Å². The average Bonchev–Trinajstić information content (AvgIpc) is 3.13. The smallest absolute Gasteiger partial charge is 0.407 e. The van der Waals surface area contributed by atoms with Gasteiger partial charge in [0.1, 0.15) is 0 Å². The van der Waals surface area contributed by atoms with Crippen molar-refractivity contribution in [2.24, 2.45) is 0 Å². The van der Waals surface area contributed by atoms with Gasteiger partial charge >= 0.3 is 18.0 Å². The minimum absolute atomic E-state index is 0.0388. The summed E-state index contributed by atoms with van der Waals surface area (Å²) in [5, 5.41) is 25.0. The lowest BCUT2D eigenvalue weighted by Crippen LogP contribution is -2.55. The third-order valence-corrected chi connectivity index (χ3v) is 5.51. The second kappa shape index (κ2) is 9.50. The molecule has 2 aromatic rings. The Morgan fingerprint density at radius 2 is 1.81 bits per heavy atom. The Hall–Kier alpha value is -3.56. The first-order valence-electron chi connectivity index (χ1n) is 10.2. The Morgan fingerprint density at radius 3 is 2.42 bits per heavy atom. The molecule has 0 bridgehead atoms. The van der Waals surface area contributed by atoms with Crippen LogP contribution in [0.2, 0.25) is 0 Å². The highest BCUT2D eigenvalue weighted by Gasteiger charge is 2.32. The molecule has 0 radical (unpaired) electrons. The van der Waals surface area contributed by atoms with E-state index in [1.54, 1.807) is 4.90 Å². The molecule has 1 aromatic carbocycles. The molecule has 3 heterocycles. The lowest BCUT2D eigenvalue weighted by Gasteiger charge is -2.40. The van der Waals surface area contributed by atoms with Gasteiger partial charge in [0.2, 0.25) is 5.95 Å². The monoisotopic (exact) mass is 430 g/mol. The number of aryl methyl sites for hydroxylation is 2. The summed E-state index contributed by atoms with van der Waals surface area (Å²) in [6.07, 6.45) is 3.39. The van der Waals surface area contributed by atoms with Crippen LogP contribution in [0.25, 0.3) is 11.0 Å². The largest absolute Gasteiger partial charge is 0.478 e. The number of aliphatic carboxylic acids is 2. The summed E-state index contributed by atoms with van der Waals surface area (Å²) in [6.45, 7) is 5.03. The second-order valence-corrected chi connectivity index (χ2v) is 7.45. The van der Waals surface area contributed by atoms with Crippen LogP contribution in [0.3, 0.4) is 0 Å². The summed E-state index contributed by atoms with van der Waals surface area (Å²) in [4.78, 5) is 39.2. The predicted molar refractivity (Wildman–Crippen MR) is 113 cm³/mol. The van der Waals surface area contributed by atoms with Crippen molar-refractivity contribution in [1.29, 1.82) is 0 Å². The standard InChI is InChI=1S/C17H22N4O2.C4H4O4/c1-2-13-11-19(9-10-20(13)17(22)23)16-18-14-7-3-5-12-6-4-8-21(16)15(12)14;5-3(6)1-2-4(7)8/h3,5,7,13H,2,4,6,8-11H2,1H3,(H,22,23);1-2H,(H,5,6)(H,7,8). The number of benzene rings is 1. The number of hydrogen-bond donors (Lipinski definition) is 3. The number of carboxylic acid groups (broad SMARTS) is 3. The fourth-order valence-electron chi connectivity index (χ4n) is 4.11. The van der Waals surface area contributed by atoms with E-state index in [4.69, 9.17) is 15.2 Å². The van der Waals surface area contributed by atoms with Crippen molar-refractivity contribution in [3.8, 4) is 0 Å². The van der Waals surface area contributed by atoms with Gasteiger partial charge in [0.05, 0.1) is 17.1 Å². The minimum atomic E-state index is -1.26. The van der Waals surface area contributed by atoms with Gasteiger partial charge in [0.25, 0.3) is 0 Å². The molecule has 0 saturated carbocycles. The summed E-state index contributed by atoms with van der Waals surface area (Å²) in [5.41, 5.74) is 3.71. The molecule has 10 heteroatoms. The van der Waals surface area contributed by atoms with E-state index in [1.165, 1.54) is 11.1 Å². The maximum absolute atomic E-state index is 11.4. The van der Waals surface area contributed by atoms with Crippen LogP contribution < -0.4 is 4.90 Å². The van der Waals surface area contributed by atoms with Gasteiger partial charge in [-0.15, -0.1) is 0 Å². The van der Waals surface area contributed by atoms with Crippen LogP contribution in [0.5, 0.6) is 0 Å². The first-order valence-corrected chi connectivity index (χ1v) is 10.2. The molecule has 1 atom stereocenters. The fraction of sp³-hybridized carbons (Fsp3) is 0.429. The summed E-state index contributed by atoms with van der Waals surface area (Å²) < 4.78 is 2.33. The molecular formula is C21H26N4O6. The van der Waals surface area contributed by atoms with Crippen LogP contribution in [0.15, 0.2) is 30.4 Å². The number of nitrogens with zero attached hydrogens (tertiary/aromatic N) is 4. The van der Waals surface area contributed by atoms with Gasteiger partial charge in [-0.05, 0) is 30.9 Å². The summed E-state index contributed by atoms with van der Waals surface area (Å²) in [5.74, 6) is -1.50. The van der Waals surface area contributed by atoms with Crippen molar-refractivity contribution in [3.63, 3.8) is 0 Å². The molecule has 0 aliphatic carbocycles. The summed E-state index contributed by atoms with van der Waals surface area (Å²) in [6, 6.07) is 6.40. The number of piperazine rings is 1. The first kappa shape index (κ1) is 22.1. The number of hydrogen-bond acceptors (Lipinski definition) is 5. The van der Waals surface area contributed by atoms with Crippen molar-refractivity contribution in [3.05, 3.63) is 35.9 Å². The van der Waals surface area contributed by atoms with Crippen LogP contribution >= 0.6 is 0 Å². The summed E-state index contributed by atoms with van der Waals surface area (Å²) >= 11 is 0. The molecule has 1 fully saturated rings. The van der Waals surface area contributed by atoms with E-state index in [-0.39, 0.29) is 6.04 Å². The van der Waals surface area contributed by atoms with E-state index >= 15 is 0 Å². The van der Waals surface area contributed by atoms with E-state index in [2.05, 4.69) is 27.7 Å². The maximum atomic E-state index is 11.4. The normalized spacial score (nSPS) is 18.0. The fourth-order valence-corrected chi connectivity index (χ4v) is 4.11. The molecule has 166 valence electrons. The number of carbonyl (C=O) groups is 3. The van der Waals surface area contributed by atoms with Crippen LogP contribution in [-0.4, -0.2) is 73.5 Å². The minimum Gasteiger partial charge on any atom is -0.478 e. The van der Waals surface area contributed by atoms with Crippen LogP contribution in [0, 0.1) is 0 Å². The second-order valence-electron chi connectivity index (χ2n) is 7.45. The number of para-hydroxylation sites is 1. The van der Waals surface area contributed by atoms with Gasteiger partial charge in [0.15, 0.2) is 0 Å². The molecule has 2 aliphatic rings. The molecule has 31 heavy (non-hydrogen) atoms. The number of carboxylic acids is 2. The zero-order valence-corrected chi connectivity index (χ0v) is 17.3. The summed E-state index contributed by atoms with van der Waals surface area (Å²) in [7, 11) is 0. The maximum Gasteiger partial charge on any atom is 0.407 e. The van der Waals surface area contributed by atoms with Gasteiger partial charge in [-0.3, -0.25) is 0 Å². The van der Waals surface area contributed by atoms with E-state index < -0.39 is 18.0 Å². The molecule has 0 spiro atoms. The van der Waals surface area contributed by atoms with E-state index in [0.717, 1.165) is 43.8 Å². The van der Waals surface area contributed by atoms with Crippen molar-refractivity contribution >= 4 is 35.0 Å². The lowest BCUT2D eigenvalue weighted by molar-refractivity contribution is -0.134. The molecule has 1 unspecified atom stereocenters. The highest BCUT2D eigenvalue weighted by atomic mass is 16.4. The van der Waals surface area contributed by atoms with Crippen LogP contribution in [0.1, 0.15) is 25.3 Å². The topological polar surface area (TPSA) is 136 Å². The van der Waals surface area contributed by atoms with E-state index in [0.29, 0.717) is 25.2 Å². The Bertz CT molecular complexity index is 999. The number of rotatable bonds is 4.